The average Bonchev–Trinajstić information content (AvgIpc) is 2.51. The largest absolute Gasteiger partial charge is 0.489 e. The van der Waals surface area contributed by atoms with Gasteiger partial charge in [-0.1, -0.05) is 6.07 Å². The monoisotopic (exact) mass is 368 g/mol. The Morgan fingerprint density at radius 2 is 2.00 bits per heavy atom. The zero-order valence-corrected chi connectivity index (χ0v) is 14.4. The van der Waals surface area contributed by atoms with Crippen LogP contribution >= 0.6 is 0 Å². The molecule has 0 aliphatic heterocycles. The first-order valence-corrected chi connectivity index (χ1v) is 9.20. The van der Waals surface area contributed by atoms with Gasteiger partial charge in [0.15, 0.2) is 9.84 Å². The highest BCUT2D eigenvalue weighted by molar-refractivity contribution is 7.90. The summed E-state index contributed by atoms with van der Waals surface area (Å²) in [5, 5.41) is 13.9. The van der Waals surface area contributed by atoms with Gasteiger partial charge in [-0.05, 0) is 31.2 Å². The predicted octanol–water partition coefficient (Wildman–Crippen LogP) is 3.02. The SMILES string of the molecule is CC(CNc1ccc([N+](=O)[O-])c(S(C)(=O)=O)c1)Oc1cccc(F)c1. The fourth-order valence-corrected chi connectivity index (χ4v) is 3.01. The first kappa shape index (κ1) is 18.7. The molecule has 7 nitrogen and oxygen atoms in total. The molecule has 0 saturated heterocycles. The van der Waals surface area contributed by atoms with Crippen molar-refractivity contribution in [2.24, 2.45) is 0 Å². The number of hydrogen-bond donors (Lipinski definition) is 1. The predicted molar refractivity (Wildman–Crippen MR) is 91.2 cm³/mol. The second-order valence-electron chi connectivity index (χ2n) is 5.48. The first-order chi connectivity index (χ1) is 11.7. The lowest BCUT2D eigenvalue weighted by atomic mass is 10.2. The van der Waals surface area contributed by atoms with Crippen LogP contribution in [0.25, 0.3) is 0 Å². The highest BCUT2D eigenvalue weighted by Gasteiger charge is 2.22. The third kappa shape index (κ3) is 5.15. The van der Waals surface area contributed by atoms with Gasteiger partial charge in [-0.25, -0.2) is 12.8 Å². The molecule has 0 radical (unpaired) electrons. The van der Waals surface area contributed by atoms with Crippen LogP contribution in [0.1, 0.15) is 6.92 Å². The van der Waals surface area contributed by atoms with Crippen LogP contribution in [0.3, 0.4) is 0 Å². The van der Waals surface area contributed by atoms with E-state index in [0.717, 1.165) is 12.3 Å². The highest BCUT2D eigenvalue weighted by Crippen LogP contribution is 2.27. The van der Waals surface area contributed by atoms with E-state index in [1.165, 1.54) is 30.3 Å². The number of anilines is 1. The molecule has 134 valence electrons. The van der Waals surface area contributed by atoms with Crippen molar-refractivity contribution in [1.82, 2.24) is 0 Å². The molecule has 1 N–H and O–H groups in total. The van der Waals surface area contributed by atoms with Gasteiger partial charge in [-0.2, -0.15) is 0 Å². The molecule has 9 heteroatoms. The maximum atomic E-state index is 13.1. The van der Waals surface area contributed by atoms with E-state index < -0.39 is 26.3 Å². The molecule has 0 saturated carbocycles. The van der Waals surface area contributed by atoms with Crippen molar-refractivity contribution in [3.05, 3.63) is 58.4 Å². The Morgan fingerprint density at radius 1 is 1.28 bits per heavy atom. The Bertz CT molecular complexity index is 886. The molecule has 1 unspecified atom stereocenters. The minimum absolute atomic E-state index is 0.289. The molecule has 0 bridgehead atoms. The standard InChI is InChI=1S/C16H17FN2O5S/c1-11(24-14-5-3-4-12(17)8-14)10-18-13-6-7-15(19(20)21)16(9-13)25(2,22)23/h3-9,11,18H,10H2,1-2H3. The van der Waals surface area contributed by atoms with Crippen LogP contribution in [-0.4, -0.2) is 32.2 Å². The smallest absolute Gasteiger partial charge is 0.288 e. The number of nitrogens with zero attached hydrogens (tertiary/aromatic N) is 1. The van der Waals surface area contributed by atoms with Crippen molar-refractivity contribution >= 4 is 21.2 Å². The Labute approximate surface area is 144 Å². The second-order valence-corrected chi connectivity index (χ2v) is 7.46. The van der Waals surface area contributed by atoms with Gasteiger partial charge in [-0.15, -0.1) is 0 Å². The summed E-state index contributed by atoms with van der Waals surface area (Å²) in [5.74, 6) is -0.0411. The minimum atomic E-state index is -3.75. The molecular formula is C16H17FN2O5S. The molecule has 25 heavy (non-hydrogen) atoms. The van der Waals surface area contributed by atoms with Crippen molar-refractivity contribution in [3.8, 4) is 5.75 Å². The molecule has 0 aliphatic rings. The fourth-order valence-electron chi connectivity index (χ4n) is 2.15. The number of nitrogens with one attached hydrogen (secondary N) is 1. The maximum absolute atomic E-state index is 13.1. The van der Waals surface area contributed by atoms with E-state index in [2.05, 4.69) is 5.32 Å². The van der Waals surface area contributed by atoms with Crippen LogP contribution in [-0.2, 0) is 9.84 Å². The molecule has 0 spiro atoms. The molecule has 0 aliphatic carbocycles. The zero-order valence-electron chi connectivity index (χ0n) is 13.6. The third-order valence-electron chi connectivity index (χ3n) is 3.28. The van der Waals surface area contributed by atoms with E-state index in [1.807, 2.05) is 0 Å². The molecule has 0 amide bonds. The van der Waals surface area contributed by atoms with E-state index in [4.69, 9.17) is 4.74 Å². The van der Waals surface area contributed by atoms with Gasteiger partial charge in [-0.3, -0.25) is 10.1 Å². The second kappa shape index (κ2) is 7.47. The number of ether oxygens (including phenoxy) is 1. The quantitative estimate of drug-likeness (QED) is 0.596. The Hall–Kier alpha value is -2.68. The van der Waals surface area contributed by atoms with Gasteiger partial charge in [0.2, 0.25) is 0 Å². The van der Waals surface area contributed by atoms with E-state index in [0.29, 0.717) is 11.4 Å². The van der Waals surface area contributed by atoms with Crippen LogP contribution in [0.2, 0.25) is 0 Å². The van der Waals surface area contributed by atoms with Crippen LogP contribution in [0.15, 0.2) is 47.4 Å². The van der Waals surface area contributed by atoms with Crippen molar-refractivity contribution in [1.29, 1.82) is 0 Å². The maximum Gasteiger partial charge on any atom is 0.288 e. The van der Waals surface area contributed by atoms with Gasteiger partial charge >= 0.3 is 0 Å². The number of nitro groups is 1. The molecule has 2 aromatic carbocycles. The lowest BCUT2D eigenvalue weighted by molar-refractivity contribution is -0.387. The van der Waals surface area contributed by atoms with Crippen LogP contribution in [0, 0.1) is 15.9 Å². The topological polar surface area (TPSA) is 98.5 Å². The Morgan fingerprint density at radius 3 is 2.60 bits per heavy atom. The molecule has 0 aromatic heterocycles. The fraction of sp³-hybridized carbons (Fsp3) is 0.250. The van der Waals surface area contributed by atoms with Gasteiger partial charge < -0.3 is 10.1 Å². The summed E-state index contributed by atoms with van der Waals surface area (Å²) < 4.78 is 42.1. The van der Waals surface area contributed by atoms with E-state index >= 15 is 0 Å². The molecule has 0 fully saturated rings. The summed E-state index contributed by atoms with van der Waals surface area (Å²) in [6.07, 6.45) is 0.563. The first-order valence-electron chi connectivity index (χ1n) is 7.31. The number of benzene rings is 2. The summed E-state index contributed by atoms with van der Waals surface area (Å²) in [4.78, 5) is 9.85. The summed E-state index contributed by atoms with van der Waals surface area (Å²) >= 11 is 0. The Kier molecular flexibility index (Phi) is 5.58. The Balaban J connectivity index is 2.09. The highest BCUT2D eigenvalue weighted by atomic mass is 32.2. The molecular weight excluding hydrogens is 351 g/mol. The van der Waals surface area contributed by atoms with E-state index in [1.54, 1.807) is 13.0 Å². The molecule has 2 aromatic rings. The van der Waals surface area contributed by atoms with E-state index in [9.17, 15) is 22.9 Å². The lowest BCUT2D eigenvalue weighted by Gasteiger charge is -2.16. The summed E-state index contributed by atoms with van der Waals surface area (Å²) in [6, 6.07) is 9.47. The number of nitro benzene ring substituents is 1. The number of sulfone groups is 1. The van der Waals surface area contributed by atoms with Crippen molar-refractivity contribution in [2.75, 3.05) is 18.1 Å². The number of rotatable bonds is 7. The van der Waals surface area contributed by atoms with Crippen LogP contribution in [0.4, 0.5) is 15.8 Å². The molecule has 1 atom stereocenters. The van der Waals surface area contributed by atoms with E-state index in [-0.39, 0.29) is 17.5 Å². The van der Waals surface area contributed by atoms with Gasteiger partial charge in [0.1, 0.15) is 22.6 Å². The lowest BCUT2D eigenvalue weighted by Crippen LogP contribution is -2.22. The molecule has 0 heterocycles. The number of halogens is 1. The minimum Gasteiger partial charge on any atom is -0.489 e. The van der Waals surface area contributed by atoms with Crippen LogP contribution in [0.5, 0.6) is 5.75 Å². The van der Waals surface area contributed by atoms with Gasteiger partial charge in [0, 0.05) is 24.1 Å². The zero-order chi connectivity index (χ0) is 18.6. The third-order valence-corrected chi connectivity index (χ3v) is 4.41. The van der Waals surface area contributed by atoms with Gasteiger partial charge in [0.25, 0.3) is 5.69 Å². The van der Waals surface area contributed by atoms with Crippen LogP contribution < -0.4 is 10.1 Å². The van der Waals surface area contributed by atoms with Crippen molar-refractivity contribution < 1.29 is 22.5 Å². The van der Waals surface area contributed by atoms with Crippen molar-refractivity contribution in [3.63, 3.8) is 0 Å². The summed E-state index contributed by atoms with van der Waals surface area (Å²) in [5.41, 5.74) is -0.0715. The summed E-state index contributed by atoms with van der Waals surface area (Å²) in [6.45, 7) is 2.04. The summed E-state index contributed by atoms with van der Waals surface area (Å²) in [7, 11) is -3.75. The average molecular weight is 368 g/mol. The van der Waals surface area contributed by atoms with Crippen molar-refractivity contribution in [2.45, 2.75) is 17.9 Å². The molecule has 2 rings (SSSR count). The normalized spacial score (nSPS) is 12.4. The number of hydrogen-bond acceptors (Lipinski definition) is 6. The van der Waals surface area contributed by atoms with Gasteiger partial charge in [0.05, 0.1) is 11.5 Å².